The Hall–Kier alpha value is -4.06. The number of para-hydroxylation sites is 1. The third-order valence-electron chi connectivity index (χ3n) is 6.61. The van der Waals surface area contributed by atoms with E-state index in [1.165, 1.54) is 0 Å². The molecule has 1 aliphatic heterocycles. The van der Waals surface area contributed by atoms with Gasteiger partial charge in [-0.2, -0.15) is 0 Å². The molecule has 2 heterocycles. The highest BCUT2D eigenvalue weighted by molar-refractivity contribution is 6.03. The third kappa shape index (κ3) is 3.61. The van der Waals surface area contributed by atoms with Crippen LogP contribution in [0.15, 0.2) is 72.8 Å². The lowest BCUT2D eigenvalue weighted by Gasteiger charge is -2.31. The quantitative estimate of drug-likeness (QED) is 0.443. The summed E-state index contributed by atoms with van der Waals surface area (Å²) in [5, 5.41) is 4.05. The number of carbonyl (C=O) groups is 2. The summed E-state index contributed by atoms with van der Waals surface area (Å²) >= 11 is 0. The van der Waals surface area contributed by atoms with Crippen LogP contribution in [0.5, 0.6) is 5.75 Å². The molecule has 2 amide bonds. The van der Waals surface area contributed by atoms with Crippen molar-refractivity contribution < 1.29 is 14.3 Å². The molecular weight excluding hydrogens is 426 g/mol. The van der Waals surface area contributed by atoms with Crippen LogP contribution in [0.3, 0.4) is 0 Å². The van der Waals surface area contributed by atoms with E-state index >= 15 is 0 Å². The first-order valence-corrected chi connectivity index (χ1v) is 11.4. The SMILES string of the molecule is COc1cccc(CNC(=O)C(C)N2C(=O)c3ccccc3C2c2c(C)[nH]c3ccccc23)c1. The lowest BCUT2D eigenvalue weighted by atomic mass is 9.95. The van der Waals surface area contributed by atoms with Gasteiger partial charge in [0.25, 0.3) is 5.91 Å². The molecule has 6 heteroatoms. The summed E-state index contributed by atoms with van der Waals surface area (Å²) in [5.74, 6) is 0.403. The minimum absolute atomic E-state index is 0.130. The van der Waals surface area contributed by atoms with Crippen LogP contribution in [0.25, 0.3) is 10.9 Å². The molecule has 0 spiro atoms. The Labute approximate surface area is 198 Å². The number of benzene rings is 3. The first kappa shape index (κ1) is 21.8. The van der Waals surface area contributed by atoms with E-state index < -0.39 is 6.04 Å². The number of nitrogens with one attached hydrogen (secondary N) is 2. The molecular formula is C28H27N3O3. The van der Waals surface area contributed by atoms with Gasteiger partial charge in [-0.3, -0.25) is 9.59 Å². The predicted octanol–water partition coefficient (Wildman–Crippen LogP) is 4.74. The molecule has 0 saturated heterocycles. The molecule has 0 fully saturated rings. The van der Waals surface area contributed by atoms with Crippen molar-refractivity contribution in [3.8, 4) is 5.75 Å². The molecule has 172 valence electrons. The number of aryl methyl sites for hydroxylation is 1. The molecule has 2 unspecified atom stereocenters. The molecule has 1 aliphatic rings. The molecule has 34 heavy (non-hydrogen) atoms. The summed E-state index contributed by atoms with van der Waals surface area (Å²) in [4.78, 5) is 32.0. The van der Waals surface area contributed by atoms with Gasteiger partial charge in [-0.25, -0.2) is 0 Å². The van der Waals surface area contributed by atoms with Gasteiger partial charge < -0.3 is 19.9 Å². The number of ether oxygens (including phenoxy) is 1. The molecule has 6 nitrogen and oxygen atoms in total. The van der Waals surface area contributed by atoms with Crippen molar-refractivity contribution in [3.63, 3.8) is 0 Å². The molecule has 2 N–H and O–H groups in total. The van der Waals surface area contributed by atoms with Crippen molar-refractivity contribution in [2.45, 2.75) is 32.5 Å². The van der Waals surface area contributed by atoms with Crippen molar-refractivity contribution in [3.05, 3.63) is 101 Å². The largest absolute Gasteiger partial charge is 0.497 e. The fraction of sp³-hybridized carbons (Fsp3) is 0.214. The zero-order chi connectivity index (χ0) is 23.8. The number of methoxy groups -OCH3 is 1. The molecule has 2 atom stereocenters. The van der Waals surface area contributed by atoms with Gasteiger partial charge in [0.05, 0.1) is 13.2 Å². The van der Waals surface area contributed by atoms with Gasteiger partial charge >= 0.3 is 0 Å². The Balaban J connectivity index is 1.49. The molecule has 0 saturated carbocycles. The number of amides is 2. The van der Waals surface area contributed by atoms with Crippen LogP contribution in [-0.2, 0) is 11.3 Å². The predicted molar refractivity (Wildman–Crippen MR) is 132 cm³/mol. The van der Waals surface area contributed by atoms with Crippen LogP contribution in [0.4, 0.5) is 0 Å². The summed E-state index contributed by atoms with van der Waals surface area (Å²) in [6.07, 6.45) is 0. The fourth-order valence-electron chi connectivity index (χ4n) is 4.93. The number of aromatic nitrogens is 1. The first-order chi connectivity index (χ1) is 16.5. The van der Waals surface area contributed by atoms with Crippen LogP contribution >= 0.6 is 0 Å². The normalized spacial score (nSPS) is 15.9. The maximum atomic E-state index is 13.6. The number of aromatic amines is 1. The van der Waals surface area contributed by atoms with Crippen LogP contribution in [0, 0.1) is 6.92 Å². The molecule has 4 aromatic rings. The molecule has 1 aromatic heterocycles. The zero-order valence-corrected chi connectivity index (χ0v) is 19.5. The van der Waals surface area contributed by atoms with E-state index in [0.29, 0.717) is 12.1 Å². The number of carbonyl (C=O) groups excluding carboxylic acids is 2. The maximum absolute atomic E-state index is 13.6. The van der Waals surface area contributed by atoms with E-state index in [9.17, 15) is 9.59 Å². The number of rotatable bonds is 6. The summed E-state index contributed by atoms with van der Waals surface area (Å²) in [7, 11) is 1.61. The minimum atomic E-state index is -0.663. The van der Waals surface area contributed by atoms with Gasteiger partial charge in [-0.15, -0.1) is 0 Å². The van der Waals surface area contributed by atoms with Crippen molar-refractivity contribution in [2.75, 3.05) is 7.11 Å². The van der Waals surface area contributed by atoms with Crippen molar-refractivity contribution in [2.24, 2.45) is 0 Å². The van der Waals surface area contributed by atoms with Gasteiger partial charge in [-0.05, 0) is 49.2 Å². The van der Waals surface area contributed by atoms with Crippen molar-refractivity contribution in [1.82, 2.24) is 15.2 Å². The Morgan fingerprint density at radius 1 is 1.09 bits per heavy atom. The van der Waals surface area contributed by atoms with E-state index in [0.717, 1.165) is 39.0 Å². The Morgan fingerprint density at radius 3 is 2.68 bits per heavy atom. The summed E-state index contributed by atoms with van der Waals surface area (Å²) in [6, 6.07) is 22.3. The van der Waals surface area contributed by atoms with E-state index in [1.807, 2.05) is 73.7 Å². The van der Waals surface area contributed by atoms with Gasteiger partial charge in [0.2, 0.25) is 5.91 Å². The third-order valence-corrected chi connectivity index (χ3v) is 6.61. The summed E-state index contributed by atoms with van der Waals surface area (Å²) < 4.78 is 5.27. The van der Waals surface area contributed by atoms with E-state index in [-0.39, 0.29) is 17.9 Å². The van der Waals surface area contributed by atoms with Gasteiger partial charge in [0.1, 0.15) is 11.8 Å². The second kappa shape index (κ2) is 8.71. The monoisotopic (exact) mass is 453 g/mol. The highest BCUT2D eigenvalue weighted by atomic mass is 16.5. The second-order valence-electron chi connectivity index (χ2n) is 8.66. The van der Waals surface area contributed by atoms with Crippen LogP contribution in [0.2, 0.25) is 0 Å². The van der Waals surface area contributed by atoms with E-state index in [2.05, 4.69) is 16.4 Å². The van der Waals surface area contributed by atoms with Crippen LogP contribution < -0.4 is 10.1 Å². The van der Waals surface area contributed by atoms with Crippen molar-refractivity contribution >= 4 is 22.7 Å². The molecule has 0 bridgehead atoms. The van der Waals surface area contributed by atoms with Crippen LogP contribution in [-0.4, -0.2) is 34.8 Å². The first-order valence-electron chi connectivity index (χ1n) is 11.4. The van der Waals surface area contributed by atoms with E-state index in [1.54, 1.807) is 18.9 Å². The number of nitrogens with zero attached hydrogens (tertiary/aromatic N) is 1. The second-order valence-corrected chi connectivity index (χ2v) is 8.66. The highest BCUT2D eigenvalue weighted by Gasteiger charge is 2.43. The average molecular weight is 454 g/mol. The Morgan fingerprint density at radius 2 is 1.85 bits per heavy atom. The minimum Gasteiger partial charge on any atom is -0.497 e. The molecule has 0 aliphatic carbocycles. The van der Waals surface area contributed by atoms with Gasteiger partial charge in [0, 0.05) is 34.3 Å². The highest BCUT2D eigenvalue weighted by Crippen LogP contribution is 2.43. The van der Waals surface area contributed by atoms with Gasteiger partial charge in [-0.1, -0.05) is 48.5 Å². The molecule has 0 radical (unpaired) electrons. The fourth-order valence-corrected chi connectivity index (χ4v) is 4.93. The number of H-pyrrole nitrogens is 1. The molecule has 3 aromatic carbocycles. The Kier molecular flexibility index (Phi) is 5.57. The standard InChI is InChI=1S/C28H27N3O3/c1-17-25(23-13-6-7-14-24(23)30-17)26-21-11-4-5-12-22(21)28(33)31(26)18(2)27(32)29-16-19-9-8-10-20(15-19)34-3/h4-15,18,26,30H,16H2,1-3H3,(H,29,32). The Bertz CT molecular complexity index is 1390. The topological polar surface area (TPSA) is 74.4 Å². The maximum Gasteiger partial charge on any atom is 0.255 e. The zero-order valence-electron chi connectivity index (χ0n) is 19.5. The lowest BCUT2D eigenvalue weighted by Crippen LogP contribution is -2.46. The number of hydrogen-bond donors (Lipinski definition) is 2. The number of fused-ring (bicyclic) bond motifs is 2. The van der Waals surface area contributed by atoms with Gasteiger partial charge in [0.15, 0.2) is 0 Å². The smallest absolute Gasteiger partial charge is 0.255 e. The number of hydrogen-bond acceptors (Lipinski definition) is 3. The van der Waals surface area contributed by atoms with E-state index in [4.69, 9.17) is 4.74 Å². The molecule has 5 rings (SSSR count). The van der Waals surface area contributed by atoms with Crippen LogP contribution in [0.1, 0.15) is 45.7 Å². The lowest BCUT2D eigenvalue weighted by molar-refractivity contribution is -0.125. The summed E-state index contributed by atoms with van der Waals surface area (Å²) in [5.41, 5.74) is 5.53. The van der Waals surface area contributed by atoms with Crippen molar-refractivity contribution in [1.29, 1.82) is 0 Å². The summed E-state index contributed by atoms with van der Waals surface area (Å²) in [6.45, 7) is 4.17. The average Bonchev–Trinajstić information content (AvgIpc) is 3.35.